The maximum Gasteiger partial charge on any atom is 0.135 e. The zero-order valence-electron chi connectivity index (χ0n) is 23.3. The number of furan rings is 1. The molecule has 3 aromatic heterocycles. The van der Waals surface area contributed by atoms with Crippen molar-refractivity contribution in [2.24, 2.45) is 0 Å². The third-order valence-corrected chi connectivity index (χ3v) is 7.96. The molecule has 3 heterocycles. The fraction of sp³-hybridized carbons (Fsp3) is 0. The van der Waals surface area contributed by atoms with Crippen molar-refractivity contribution in [3.63, 3.8) is 0 Å². The molecule has 0 N–H and O–H groups in total. The summed E-state index contributed by atoms with van der Waals surface area (Å²) >= 11 is 0. The number of aromatic nitrogens is 2. The molecule has 0 aliphatic heterocycles. The largest absolute Gasteiger partial charge is 0.456 e. The van der Waals surface area contributed by atoms with Crippen molar-refractivity contribution in [2.75, 3.05) is 0 Å². The average Bonchev–Trinajstić information content (AvgIpc) is 3.47. The summed E-state index contributed by atoms with van der Waals surface area (Å²) in [5.74, 6) is 0. The van der Waals surface area contributed by atoms with Crippen LogP contribution in [-0.4, -0.2) is 9.97 Å². The van der Waals surface area contributed by atoms with Gasteiger partial charge >= 0.3 is 0 Å². The molecule has 0 atom stereocenters. The normalized spacial score (nSPS) is 11.3. The Kier molecular flexibility index (Phi) is 6.12. The minimum Gasteiger partial charge on any atom is -0.456 e. The Bertz CT molecular complexity index is 2160. The standard InChI is InChI=1S/C40H26N2O/c1-3-9-29(10-4-1)37-23-32(24-38(42-37)30-11-5-2-6-12-30)27-15-17-28(18-16-27)33-21-34(26-41-25-33)31-19-20-40-36(22-31)35-13-7-8-14-39(35)43-40/h1-26H. The number of para-hydroxylation sites is 1. The molecule has 202 valence electrons. The summed E-state index contributed by atoms with van der Waals surface area (Å²) in [6, 6.07) is 50.5. The van der Waals surface area contributed by atoms with Crippen molar-refractivity contribution in [2.45, 2.75) is 0 Å². The van der Waals surface area contributed by atoms with Gasteiger partial charge in [-0.3, -0.25) is 4.98 Å². The van der Waals surface area contributed by atoms with E-state index in [9.17, 15) is 0 Å². The second-order valence-corrected chi connectivity index (χ2v) is 10.7. The Morgan fingerprint density at radius 2 is 0.884 bits per heavy atom. The molecule has 0 radical (unpaired) electrons. The lowest BCUT2D eigenvalue weighted by molar-refractivity contribution is 0.669. The van der Waals surface area contributed by atoms with Gasteiger partial charge in [-0.05, 0) is 58.7 Å². The summed E-state index contributed by atoms with van der Waals surface area (Å²) in [5.41, 5.74) is 12.6. The van der Waals surface area contributed by atoms with Crippen LogP contribution in [0.4, 0.5) is 0 Å². The fourth-order valence-corrected chi connectivity index (χ4v) is 5.73. The predicted molar refractivity (Wildman–Crippen MR) is 176 cm³/mol. The van der Waals surface area contributed by atoms with E-state index in [0.29, 0.717) is 0 Å². The molecule has 0 unspecified atom stereocenters. The first-order chi connectivity index (χ1) is 21.3. The van der Waals surface area contributed by atoms with Crippen molar-refractivity contribution in [3.8, 4) is 55.9 Å². The maximum absolute atomic E-state index is 6.03. The van der Waals surface area contributed by atoms with E-state index in [2.05, 4.69) is 114 Å². The number of pyridine rings is 2. The molecular formula is C40H26N2O. The molecule has 43 heavy (non-hydrogen) atoms. The van der Waals surface area contributed by atoms with Gasteiger partial charge in [0.05, 0.1) is 11.4 Å². The molecular weight excluding hydrogens is 524 g/mol. The number of benzene rings is 5. The minimum absolute atomic E-state index is 0.895. The van der Waals surface area contributed by atoms with Crippen LogP contribution in [0, 0.1) is 0 Å². The summed E-state index contributed by atoms with van der Waals surface area (Å²) in [5, 5.41) is 2.24. The Morgan fingerprint density at radius 3 is 1.56 bits per heavy atom. The first kappa shape index (κ1) is 25.0. The Morgan fingerprint density at radius 1 is 0.349 bits per heavy atom. The monoisotopic (exact) mass is 550 g/mol. The van der Waals surface area contributed by atoms with Crippen molar-refractivity contribution in [3.05, 3.63) is 158 Å². The highest BCUT2D eigenvalue weighted by atomic mass is 16.3. The van der Waals surface area contributed by atoms with E-state index < -0.39 is 0 Å². The molecule has 0 aliphatic rings. The van der Waals surface area contributed by atoms with Crippen molar-refractivity contribution in [1.29, 1.82) is 0 Å². The molecule has 0 spiro atoms. The van der Waals surface area contributed by atoms with Crippen LogP contribution in [0.1, 0.15) is 0 Å². The van der Waals surface area contributed by atoms with E-state index in [1.807, 2.05) is 48.8 Å². The molecule has 3 nitrogen and oxygen atoms in total. The van der Waals surface area contributed by atoms with E-state index in [-0.39, 0.29) is 0 Å². The van der Waals surface area contributed by atoms with Crippen LogP contribution in [0.5, 0.6) is 0 Å². The first-order valence-corrected chi connectivity index (χ1v) is 14.4. The highest BCUT2D eigenvalue weighted by molar-refractivity contribution is 6.06. The highest BCUT2D eigenvalue weighted by Crippen LogP contribution is 2.35. The lowest BCUT2D eigenvalue weighted by atomic mass is 9.97. The van der Waals surface area contributed by atoms with Gasteiger partial charge < -0.3 is 4.42 Å². The van der Waals surface area contributed by atoms with Gasteiger partial charge in [0.2, 0.25) is 0 Å². The number of nitrogens with zero attached hydrogens (tertiary/aromatic N) is 2. The summed E-state index contributed by atoms with van der Waals surface area (Å²) in [6.07, 6.45) is 3.85. The smallest absolute Gasteiger partial charge is 0.135 e. The zero-order chi connectivity index (χ0) is 28.6. The molecule has 0 fully saturated rings. The van der Waals surface area contributed by atoms with Crippen LogP contribution >= 0.6 is 0 Å². The van der Waals surface area contributed by atoms with Gasteiger partial charge in [-0.15, -0.1) is 0 Å². The molecule has 0 amide bonds. The van der Waals surface area contributed by atoms with Crippen molar-refractivity contribution in [1.82, 2.24) is 9.97 Å². The zero-order valence-corrected chi connectivity index (χ0v) is 23.3. The maximum atomic E-state index is 6.03. The summed E-state index contributed by atoms with van der Waals surface area (Å²) in [6.45, 7) is 0. The Labute approximate surface area is 249 Å². The summed E-state index contributed by atoms with van der Waals surface area (Å²) in [7, 11) is 0. The minimum atomic E-state index is 0.895. The molecule has 0 bridgehead atoms. The van der Waals surface area contributed by atoms with E-state index in [0.717, 1.165) is 77.8 Å². The number of rotatable bonds is 5. The molecule has 8 rings (SSSR count). The lowest BCUT2D eigenvalue weighted by Gasteiger charge is -2.11. The van der Waals surface area contributed by atoms with E-state index in [1.165, 1.54) is 0 Å². The van der Waals surface area contributed by atoms with Gasteiger partial charge in [-0.2, -0.15) is 0 Å². The van der Waals surface area contributed by atoms with Crippen LogP contribution in [0.2, 0.25) is 0 Å². The predicted octanol–water partition coefficient (Wildman–Crippen LogP) is 10.7. The topological polar surface area (TPSA) is 38.9 Å². The number of hydrogen-bond donors (Lipinski definition) is 0. The average molecular weight is 551 g/mol. The highest BCUT2D eigenvalue weighted by Gasteiger charge is 2.11. The fourth-order valence-electron chi connectivity index (χ4n) is 5.73. The van der Waals surface area contributed by atoms with Crippen molar-refractivity contribution < 1.29 is 4.42 Å². The summed E-state index contributed by atoms with van der Waals surface area (Å²) < 4.78 is 6.03. The van der Waals surface area contributed by atoms with Gasteiger partial charge in [0, 0.05) is 45.4 Å². The number of fused-ring (bicyclic) bond motifs is 3. The van der Waals surface area contributed by atoms with Gasteiger partial charge in [0.15, 0.2) is 0 Å². The van der Waals surface area contributed by atoms with Crippen LogP contribution in [0.3, 0.4) is 0 Å². The van der Waals surface area contributed by atoms with Crippen LogP contribution in [0.15, 0.2) is 162 Å². The lowest BCUT2D eigenvalue weighted by Crippen LogP contribution is -1.91. The third kappa shape index (κ3) is 4.77. The van der Waals surface area contributed by atoms with Crippen LogP contribution in [0.25, 0.3) is 77.8 Å². The van der Waals surface area contributed by atoms with E-state index >= 15 is 0 Å². The molecule has 0 aliphatic carbocycles. The number of hydrogen-bond acceptors (Lipinski definition) is 3. The Balaban J connectivity index is 1.15. The van der Waals surface area contributed by atoms with Gasteiger partial charge in [0.25, 0.3) is 0 Å². The molecule has 0 saturated carbocycles. The van der Waals surface area contributed by atoms with Gasteiger partial charge in [-0.25, -0.2) is 4.98 Å². The van der Waals surface area contributed by atoms with E-state index in [1.54, 1.807) is 0 Å². The second kappa shape index (κ2) is 10.6. The van der Waals surface area contributed by atoms with Gasteiger partial charge in [0.1, 0.15) is 11.2 Å². The summed E-state index contributed by atoms with van der Waals surface area (Å²) in [4.78, 5) is 9.63. The SMILES string of the molecule is c1ccc(-c2cc(-c3ccc(-c4cncc(-c5ccc6oc7ccccc7c6c5)c4)cc3)cc(-c3ccccc3)n2)cc1. The molecule has 0 saturated heterocycles. The van der Waals surface area contributed by atoms with Crippen LogP contribution < -0.4 is 0 Å². The van der Waals surface area contributed by atoms with Crippen LogP contribution in [-0.2, 0) is 0 Å². The van der Waals surface area contributed by atoms with E-state index in [4.69, 9.17) is 9.40 Å². The molecule has 5 aromatic carbocycles. The first-order valence-electron chi connectivity index (χ1n) is 14.4. The van der Waals surface area contributed by atoms with Crippen molar-refractivity contribution >= 4 is 21.9 Å². The second-order valence-electron chi connectivity index (χ2n) is 10.7. The third-order valence-electron chi connectivity index (χ3n) is 7.96. The molecule has 8 aromatic rings. The Hall–Kier alpha value is -5.80. The quantitative estimate of drug-likeness (QED) is 0.214. The van der Waals surface area contributed by atoms with Gasteiger partial charge in [-0.1, -0.05) is 109 Å². The molecule has 3 heteroatoms.